The molecular weight excluding hydrogens is 659 g/mol. The zero-order chi connectivity index (χ0) is 35.6. The van der Waals surface area contributed by atoms with Crippen LogP contribution in [-0.2, 0) is 0 Å². The third kappa shape index (κ3) is 4.83. The first-order valence-corrected chi connectivity index (χ1v) is 18.2. The minimum Gasteiger partial charge on any atom is -0.278 e. The van der Waals surface area contributed by atoms with Gasteiger partial charge in [-0.25, -0.2) is 0 Å². The van der Waals surface area contributed by atoms with Crippen LogP contribution in [0.25, 0.3) is 99.9 Å². The Kier molecular flexibility index (Phi) is 6.79. The standard InChI is InChI=1S/C49H31N5/c1-3-13-32(14-4-1)36-25-27-45-41(30-36)39-19-9-11-21-43(39)53(45)48-50-47(38-24-23-34-17-7-8-18-35(34)29-38)51-49(52-48)54-44-22-12-10-20-40(44)42-31-37(26-28-46(42)54)33-15-5-2-6-16-33/h1-31H. The predicted molar refractivity (Wildman–Crippen MR) is 222 cm³/mol. The van der Waals surface area contributed by atoms with Gasteiger partial charge in [0.2, 0.25) is 11.9 Å². The third-order valence-corrected chi connectivity index (χ3v) is 10.6. The van der Waals surface area contributed by atoms with Crippen molar-refractivity contribution in [3.63, 3.8) is 0 Å². The lowest BCUT2D eigenvalue weighted by atomic mass is 10.0. The van der Waals surface area contributed by atoms with Crippen molar-refractivity contribution >= 4 is 54.4 Å². The van der Waals surface area contributed by atoms with Gasteiger partial charge in [-0.3, -0.25) is 9.13 Å². The SMILES string of the molecule is c1ccc(-c2ccc3c(c2)c2ccccc2n3-c2nc(-c3ccc4ccccc4c3)nc(-n3c4ccccc4c4cc(-c5ccccc5)ccc43)n2)cc1. The summed E-state index contributed by atoms with van der Waals surface area (Å²) in [6, 6.07) is 66.3. The summed E-state index contributed by atoms with van der Waals surface area (Å²) in [5.74, 6) is 1.74. The van der Waals surface area contributed by atoms with Gasteiger partial charge in [-0.2, -0.15) is 15.0 Å². The van der Waals surface area contributed by atoms with E-state index in [1.54, 1.807) is 0 Å². The molecule has 0 aliphatic heterocycles. The topological polar surface area (TPSA) is 48.5 Å². The zero-order valence-corrected chi connectivity index (χ0v) is 29.1. The first-order valence-electron chi connectivity index (χ1n) is 18.2. The minimum absolute atomic E-state index is 0.564. The number of hydrogen-bond acceptors (Lipinski definition) is 3. The summed E-state index contributed by atoms with van der Waals surface area (Å²) in [5.41, 5.74) is 9.76. The number of fused-ring (bicyclic) bond motifs is 7. The number of para-hydroxylation sites is 2. The van der Waals surface area contributed by atoms with Crippen LogP contribution in [0, 0.1) is 0 Å². The van der Waals surface area contributed by atoms with E-state index < -0.39 is 0 Å². The zero-order valence-electron chi connectivity index (χ0n) is 29.1. The second kappa shape index (κ2) is 12.1. The Labute approximate surface area is 311 Å². The van der Waals surface area contributed by atoms with Crippen molar-refractivity contribution in [3.05, 3.63) is 188 Å². The van der Waals surface area contributed by atoms with Crippen LogP contribution in [0.3, 0.4) is 0 Å². The molecule has 0 unspecified atom stereocenters. The van der Waals surface area contributed by atoms with E-state index in [0.717, 1.165) is 54.6 Å². The molecule has 11 rings (SSSR count). The highest BCUT2D eigenvalue weighted by Crippen LogP contribution is 2.37. The van der Waals surface area contributed by atoms with Crippen LogP contribution >= 0.6 is 0 Å². The van der Waals surface area contributed by atoms with E-state index in [-0.39, 0.29) is 0 Å². The van der Waals surface area contributed by atoms with Crippen molar-refractivity contribution < 1.29 is 0 Å². The van der Waals surface area contributed by atoms with E-state index in [1.165, 1.54) is 27.6 Å². The van der Waals surface area contributed by atoms with Crippen LogP contribution in [0.15, 0.2) is 188 Å². The summed E-state index contributed by atoms with van der Waals surface area (Å²) < 4.78 is 4.38. The molecule has 0 amide bonds. The molecule has 3 aromatic heterocycles. The van der Waals surface area contributed by atoms with Crippen molar-refractivity contribution in [2.24, 2.45) is 0 Å². The Morgan fingerprint density at radius 1 is 0.278 bits per heavy atom. The Morgan fingerprint density at radius 2 is 0.722 bits per heavy atom. The molecule has 252 valence electrons. The van der Waals surface area contributed by atoms with E-state index in [9.17, 15) is 0 Å². The molecule has 5 heteroatoms. The van der Waals surface area contributed by atoms with Crippen molar-refractivity contribution in [2.75, 3.05) is 0 Å². The van der Waals surface area contributed by atoms with E-state index in [0.29, 0.717) is 17.7 Å². The lowest BCUT2D eigenvalue weighted by Crippen LogP contribution is -2.10. The monoisotopic (exact) mass is 689 g/mol. The Balaban J connectivity index is 1.20. The van der Waals surface area contributed by atoms with Crippen molar-refractivity contribution in [1.82, 2.24) is 24.1 Å². The second-order valence-electron chi connectivity index (χ2n) is 13.7. The van der Waals surface area contributed by atoms with Crippen LogP contribution < -0.4 is 0 Å². The normalized spacial score (nSPS) is 11.7. The molecule has 8 aromatic carbocycles. The summed E-state index contributed by atoms with van der Waals surface area (Å²) in [7, 11) is 0. The lowest BCUT2D eigenvalue weighted by molar-refractivity contribution is 0.893. The molecule has 5 nitrogen and oxygen atoms in total. The average molecular weight is 690 g/mol. The molecule has 0 radical (unpaired) electrons. The molecule has 54 heavy (non-hydrogen) atoms. The Bertz CT molecular complexity index is 3040. The Morgan fingerprint density at radius 3 is 1.28 bits per heavy atom. The summed E-state index contributed by atoms with van der Waals surface area (Å²) in [6.45, 7) is 0. The number of nitrogens with zero attached hydrogens (tertiary/aromatic N) is 5. The van der Waals surface area contributed by atoms with Gasteiger partial charge >= 0.3 is 0 Å². The largest absolute Gasteiger partial charge is 0.278 e. The van der Waals surface area contributed by atoms with Crippen LogP contribution in [0.2, 0.25) is 0 Å². The maximum atomic E-state index is 5.37. The smallest absolute Gasteiger partial charge is 0.240 e. The first kappa shape index (κ1) is 30.3. The molecule has 0 N–H and O–H groups in total. The number of rotatable bonds is 5. The van der Waals surface area contributed by atoms with E-state index in [4.69, 9.17) is 15.0 Å². The van der Waals surface area contributed by atoms with Crippen LogP contribution in [-0.4, -0.2) is 24.1 Å². The molecule has 0 spiro atoms. The first-order chi connectivity index (χ1) is 26.8. The summed E-state index contributed by atoms with van der Waals surface area (Å²) in [4.78, 5) is 15.9. The molecule has 0 saturated carbocycles. The fourth-order valence-electron chi connectivity index (χ4n) is 8.01. The third-order valence-electron chi connectivity index (χ3n) is 10.6. The fraction of sp³-hybridized carbons (Fsp3) is 0. The summed E-state index contributed by atoms with van der Waals surface area (Å²) in [6.07, 6.45) is 0. The lowest BCUT2D eigenvalue weighted by Gasteiger charge is -2.13. The molecule has 11 aromatic rings. The number of benzene rings is 8. The second-order valence-corrected chi connectivity index (χ2v) is 13.7. The van der Waals surface area contributed by atoms with Crippen molar-refractivity contribution in [2.45, 2.75) is 0 Å². The van der Waals surface area contributed by atoms with Crippen molar-refractivity contribution in [3.8, 4) is 45.5 Å². The molecule has 3 heterocycles. The molecular formula is C49H31N5. The summed E-state index contributed by atoms with van der Waals surface area (Å²) >= 11 is 0. The van der Waals surface area contributed by atoms with Gasteiger partial charge in [0.05, 0.1) is 22.1 Å². The average Bonchev–Trinajstić information content (AvgIpc) is 3.76. The molecule has 0 fully saturated rings. The molecule has 0 aliphatic rings. The summed E-state index contributed by atoms with van der Waals surface area (Å²) in [5, 5.41) is 6.88. The quantitative estimate of drug-likeness (QED) is 0.181. The van der Waals surface area contributed by atoms with E-state index in [2.05, 4.69) is 197 Å². The van der Waals surface area contributed by atoms with Gasteiger partial charge in [-0.1, -0.05) is 146 Å². The highest BCUT2D eigenvalue weighted by atomic mass is 15.3. The highest BCUT2D eigenvalue weighted by Gasteiger charge is 2.21. The highest BCUT2D eigenvalue weighted by molar-refractivity contribution is 6.11. The molecule has 0 atom stereocenters. The number of aromatic nitrogens is 5. The number of hydrogen-bond donors (Lipinski definition) is 0. The van der Waals surface area contributed by atoms with Crippen LogP contribution in [0.5, 0.6) is 0 Å². The van der Waals surface area contributed by atoms with Gasteiger partial charge in [0, 0.05) is 27.1 Å². The van der Waals surface area contributed by atoms with Gasteiger partial charge in [0.25, 0.3) is 0 Å². The van der Waals surface area contributed by atoms with Crippen molar-refractivity contribution in [1.29, 1.82) is 0 Å². The maximum Gasteiger partial charge on any atom is 0.240 e. The fourth-order valence-corrected chi connectivity index (χ4v) is 8.01. The van der Waals surface area contributed by atoms with Gasteiger partial charge in [0.1, 0.15) is 0 Å². The maximum absolute atomic E-state index is 5.37. The van der Waals surface area contributed by atoms with E-state index >= 15 is 0 Å². The van der Waals surface area contributed by atoms with Gasteiger partial charge in [-0.15, -0.1) is 0 Å². The van der Waals surface area contributed by atoms with Crippen LogP contribution in [0.1, 0.15) is 0 Å². The van der Waals surface area contributed by atoms with Gasteiger partial charge in [0.15, 0.2) is 5.82 Å². The molecule has 0 bridgehead atoms. The van der Waals surface area contributed by atoms with E-state index in [1.807, 2.05) is 0 Å². The minimum atomic E-state index is 0.564. The van der Waals surface area contributed by atoms with Gasteiger partial charge < -0.3 is 0 Å². The Hall–Kier alpha value is -7.37. The van der Waals surface area contributed by atoms with Gasteiger partial charge in [-0.05, 0) is 75.5 Å². The predicted octanol–water partition coefficient (Wildman–Crippen LogP) is 12.2. The van der Waals surface area contributed by atoms with Crippen LogP contribution in [0.4, 0.5) is 0 Å². The molecule has 0 saturated heterocycles. The molecule has 0 aliphatic carbocycles.